The third-order valence-electron chi connectivity index (χ3n) is 1.29. The van der Waals surface area contributed by atoms with E-state index in [2.05, 4.69) is 32.2 Å². The van der Waals surface area contributed by atoms with Crippen LogP contribution < -0.4 is 0 Å². The molecule has 0 spiro atoms. The molecule has 0 radical (unpaired) electrons. The Morgan fingerprint density at radius 2 is 2.00 bits per heavy atom. The first-order valence-electron chi connectivity index (χ1n) is 2.84. The molecular formula is C6H15NS. The molecule has 0 aliphatic heterocycles. The van der Waals surface area contributed by atoms with E-state index in [1.165, 1.54) is 5.75 Å². The van der Waals surface area contributed by atoms with Gasteiger partial charge in [0.2, 0.25) is 0 Å². The SMILES string of the molecule is CSC[C@@H](C)N(C)C. The molecule has 0 fully saturated rings. The Bertz CT molecular complexity index is 54.5. The summed E-state index contributed by atoms with van der Waals surface area (Å²) in [6.07, 6.45) is 2.14. The molecule has 1 nitrogen and oxygen atoms in total. The van der Waals surface area contributed by atoms with E-state index < -0.39 is 0 Å². The molecule has 0 unspecified atom stereocenters. The molecule has 0 amide bonds. The van der Waals surface area contributed by atoms with Crippen molar-refractivity contribution in [1.29, 1.82) is 0 Å². The van der Waals surface area contributed by atoms with Crippen molar-refractivity contribution < 1.29 is 0 Å². The van der Waals surface area contributed by atoms with Crippen molar-refractivity contribution in [3.8, 4) is 0 Å². The highest BCUT2D eigenvalue weighted by molar-refractivity contribution is 7.98. The van der Waals surface area contributed by atoms with E-state index in [0.717, 1.165) is 0 Å². The van der Waals surface area contributed by atoms with Crippen LogP contribution in [0.4, 0.5) is 0 Å². The Kier molecular flexibility index (Phi) is 4.38. The van der Waals surface area contributed by atoms with Gasteiger partial charge in [0.25, 0.3) is 0 Å². The molecule has 0 rings (SSSR count). The Morgan fingerprint density at radius 1 is 1.50 bits per heavy atom. The lowest BCUT2D eigenvalue weighted by atomic mass is 10.4. The van der Waals surface area contributed by atoms with Crippen molar-refractivity contribution in [2.75, 3.05) is 26.1 Å². The van der Waals surface area contributed by atoms with E-state index in [0.29, 0.717) is 6.04 Å². The standard InChI is InChI=1S/C6H15NS/c1-6(5-8-4)7(2)3/h6H,5H2,1-4H3/t6-/m1/s1. The van der Waals surface area contributed by atoms with Crippen LogP contribution in [-0.4, -0.2) is 37.0 Å². The van der Waals surface area contributed by atoms with Gasteiger partial charge >= 0.3 is 0 Å². The fourth-order valence-electron chi connectivity index (χ4n) is 0.390. The van der Waals surface area contributed by atoms with Gasteiger partial charge in [-0.1, -0.05) is 0 Å². The van der Waals surface area contributed by atoms with Crippen LogP contribution in [0.15, 0.2) is 0 Å². The van der Waals surface area contributed by atoms with Gasteiger partial charge in [-0.05, 0) is 27.3 Å². The Hall–Kier alpha value is 0.310. The number of hydrogen-bond acceptors (Lipinski definition) is 2. The average Bonchev–Trinajstić information content (AvgIpc) is 1.67. The maximum atomic E-state index is 2.23. The summed E-state index contributed by atoms with van der Waals surface area (Å²) in [5.74, 6) is 1.23. The van der Waals surface area contributed by atoms with E-state index >= 15 is 0 Å². The number of thioether (sulfide) groups is 1. The lowest BCUT2D eigenvalue weighted by Crippen LogP contribution is -2.26. The first-order chi connectivity index (χ1) is 3.68. The predicted molar refractivity (Wildman–Crippen MR) is 41.5 cm³/mol. The zero-order chi connectivity index (χ0) is 6.57. The van der Waals surface area contributed by atoms with Crippen molar-refractivity contribution in [2.45, 2.75) is 13.0 Å². The summed E-state index contributed by atoms with van der Waals surface area (Å²) in [7, 11) is 4.22. The Morgan fingerprint density at radius 3 is 2.12 bits per heavy atom. The van der Waals surface area contributed by atoms with Crippen LogP contribution in [0.25, 0.3) is 0 Å². The minimum Gasteiger partial charge on any atom is -0.306 e. The molecule has 0 aromatic rings. The van der Waals surface area contributed by atoms with Crippen molar-refractivity contribution in [2.24, 2.45) is 0 Å². The maximum absolute atomic E-state index is 2.23. The molecule has 50 valence electrons. The van der Waals surface area contributed by atoms with Crippen molar-refractivity contribution >= 4 is 11.8 Å². The molecule has 0 aromatic carbocycles. The molecular weight excluding hydrogens is 118 g/mol. The van der Waals surface area contributed by atoms with Gasteiger partial charge in [-0.25, -0.2) is 0 Å². The summed E-state index contributed by atoms with van der Waals surface area (Å²) in [6, 6.07) is 0.713. The van der Waals surface area contributed by atoms with Crippen LogP contribution >= 0.6 is 11.8 Å². The summed E-state index contributed by atoms with van der Waals surface area (Å²) in [6.45, 7) is 2.23. The van der Waals surface area contributed by atoms with Gasteiger partial charge in [-0.3, -0.25) is 0 Å². The van der Waals surface area contributed by atoms with Gasteiger partial charge in [0, 0.05) is 11.8 Å². The minimum atomic E-state index is 0.713. The maximum Gasteiger partial charge on any atom is 0.0151 e. The van der Waals surface area contributed by atoms with Crippen LogP contribution in [0.3, 0.4) is 0 Å². The predicted octanol–water partition coefficient (Wildman–Crippen LogP) is 1.30. The van der Waals surface area contributed by atoms with E-state index in [9.17, 15) is 0 Å². The molecule has 0 bridgehead atoms. The van der Waals surface area contributed by atoms with E-state index in [1.54, 1.807) is 0 Å². The number of rotatable bonds is 3. The molecule has 2 heteroatoms. The molecule has 0 N–H and O–H groups in total. The van der Waals surface area contributed by atoms with Crippen LogP contribution in [0.5, 0.6) is 0 Å². The highest BCUT2D eigenvalue weighted by Crippen LogP contribution is 1.99. The first-order valence-corrected chi connectivity index (χ1v) is 4.23. The number of hydrogen-bond donors (Lipinski definition) is 0. The van der Waals surface area contributed by atoms with Crippen LogP contribution in [-0.2, 0) is 0 Å². The molecule has 1 atom stereocenters. The van der Waals surface area contributed by atoms with Crippen molar-refractivity contribution in [1.82, 2.24) is 4.90 Å². The summed E-state index contributed by atoms with van der Waals surface area (Å²) in [5, 5.41) is 0. The third kappa shape index (κ3) is 3.33. The fourth-order valence-corrected chi connectivity index (χ4v) is 1.17. The second kappa shape index (κ2) is 4.21. The summed E-state index contributed by atoms with van der Waals surface area (Å²) < 4.78 is 0. The summed E-state index contributed by atoms with van der Waals surface area (Å²) in [5.41, 5.74) is 0. The lowest BCUT2D eigenvalue weighted by Gasteiger charge is -2.17. The van der Waals surface area contributed by atoms with Gasteiger partial charge in [-0.15, -0.1) is 0 Å². The highest BCUT2D eigenvalue weighted by atomic mass is 32.2. The largest absolute Gasteiger partial charge is 0.306 e. The summed E-state index contributed by atoms with van der Waals surface area (Å²) in [4.78, 5) is 2.23. The molecule has 0 saturated carbocycles. The molecule has 0 aliphatic rings. The fraction of sp³-hybridized carbons (Fsp3) is 1.00. The van der Waals surface area contributed by atoms with Crippen molar-refractivity contribution in [3.63, 3.8) is 0 Å². The van der Waals surface area contributed by atoms with E-state index in [1.807, 2.05) is 11.8 Å². The zero-order valence-electron chi connectivity index (χ0n) is 6.14. The topological polar surface area (TPSA) is 3.24 Å². The minimum absolute atomic E-state index is 0.713. The third-order valence-corrected chi connectivity index (χ3v) is 2.11. The molecule has 0 aromatic heterocycles. The molecule has 0 aliphatic carbocycles. The van der Waals surface area contributed by atoms with Gasteiger partial charge in [-0.2, -0.15) is 11.8 Å². The quantitative estimate of drug-likeness (QED) is 0.571. The van der Waals surface area contributed by atoms with Crippen LogP contribution in [0.1, 0.15) is 6.92 Å². The molecule has 0 saturated heterocycles. The van der Waals surface area contributed by atoms with E-state index in [-0.39, 0.29) is 0 Å². The normalized spacial score (nSPS) is 14.6. The molecule has 0 heterocycles. The number of nitrogens with zero attached hydrogens (tertiary/aromatic N) is 1. The van der Waals surface area contributed by atoms with Crippen LogP contribution in [0.2, 0.25) is 0 Å². The lowest BCUT2D eigenvalue weighted by molar-refractivity contribution is 0.340. The first kappa shape index (κ1) is 8.31. The van der Waals surface area contributed by atoms with Gasteiger partial charge in [0.05, 0.1) is 0 Å². The van der Waals surface area contributed by atoms with Gasteiger partial charge < -0.3 is 4.90 Å². The summed E-state index contributed by atoms with van der Waals surface area (Å²) >= 11 is 1.90. The molecule has 8 heavy (non-hydrogen) atoms. The Balaban J connectivity index is 3.17. The monoisotopic (exact) mass is 133 g/mol. The smallest absolute Gasteiger partial charge is 0.0151 e. The second-order valence-electron chi connectivity index (χ2n) is 2.27. The highest BCUT2D eigenvalue weighted by Gasteiger charge is 2.00. The van der Waals surface area contributed by atoms with Gasteiger partial charge in [0.15, 0.2) is 0 Å². The van der Waals surface area contributed by atoms with Gasteiger partial charge in [0.1, 0.15) is 0 Å². The average molecular weight is 133 g/mol. The van der Waals surface area contributed by atoms with Crippen LogP contribution in [0, 0.1) is 0 Å². The van der Waals surface area contributed by atoms with Crippen molar-refractivity contribution in [3.05, 3.63) is 0 Å². The van der Waals surface area contributed by atoms with E-state index in [4.69, 9.17) is 0 Å². The Labute approximate surface area is 56.4 Å². The second-order valence-corrected chi connectivity index (χ2v) is 3.18. The zero-order valence-corrected chi connectivity index (χ0v) is 6.96.